The summed E-state index contributed by atoms with van der Waals surface area (Å²) in [6.07, 6.45) is 12.8. The third-order valence-electron chi connectivity index (χ3n) is 3.70. The molecule has 0 aromatic carbocycles. The van der Waals surface area contributed by atoms with Crippen LogP contribution in [0.25, 0.3) is 0 Å². The van der Waals surface area contributed by atoms with E-state index >= 15 is 0 Å². The Labute approximate surface area is 129 Å². The zero-order valence-electron chi connectivity index (χ0n) is 13.6. The first-order valence-corrected chi connectivity index (χ1v) is 8.09. The highest BCUT2D eigenvalue weighted by Gasteiger charge is 2.18. The lowest BCUT2D eigenvalue weighted by Crippen LogP contribution is -2.22. The summed E-state index contributed by atoms with van der Waals surface area (Å²) in [5, 5.41) is 8.96. The van der Waals surface area contributed by atoms with Gasteiger partial charge in [-0.25, -0.2) is 0 Å². The van der Waals surface area contributed by atoms with Crippen molar-refractivity contribution in [3.05, 3.63) is 0 Å². The summed E-state index contributed by atoms with van der Waals surface area (Å²) in [6.45, 7) is 2.22. The number of rotatable bonds is 14. The predicted octanol–water partition coefficient (Wildman–Crippen LogP) is 4.04. The lowest BCUT2D eigenvalue weighted by atomic mass is 9.97. The Balaban J connectivity index is 0. The molecule has 0 aliphatic rings. The van der Waals surface area contributed by atoms with Crippen LogP contribution in [0.3, 0.4) is 0 Å². The molecule has 0 aromatic rings. The number of carboxylic acids is 1. The van der Waals surface area contributed by atoms with Crippen LogP contribution in [0.15, 0.2) is 0 Å². The maximum absolute atomic E-state index is 10.9. The second-order valence-corrected chi connectivity index (χ2v) is 5.68. The van der Waals surface area contributed by atoms with E-state index < -0.39 is 17.8 Å². The van der Waals surface area contributed by atoms with Crippen LogP contribution in [0.1, 0.15) is 84.0 Å². The molecule has 1 atom stereocenters. The largest absolute Gasteiger partial charge is 0.481 e. The first kappa shape index (κ1) is 22.2. The maximum Gasteiger partial charge on any atom is 0.307 e. The standard InChI is InChI=1S/C16H31NO3.H3N/c1-2-3-4-5-6-7-8-9-10-11-12-14(16(19)20)13-15(17)18;/h14H,2-13H2,1H3,(H2,17,18)(H,19,20);1H3. The van der Waals surface area contributed by atoms with Gasteiger partial charge in [-0.1, -0.05) is 71.1 Å². The molecule has 126 valence electrons. The van der Waals surface area contributed by atoms with Crippen LogP contribution in [0.5, 0.6) is 0 Å². The number of hydrogen-bond acceptors (Lipinski definition) is 3. The minimum Gasteiger partial charge on any atom is -0.481 e. The first-order chi connectivity index (χ1) is 9.57. The molecule has 0 fully saturated rings. The summed E-state index contributed by atoms with van der Waals surface area (Å²) in [6, 6.07) is 0. The molecule has 0 saturated carbocycles. The third kappa shape index (κ3) is 15.1. The van der Waals surface area contributed by atoms with Crippen LogP contribution in [-0.2, 0) is 9.59 Å². The molecular weight excluding hydrogens is 268 g/mol. The highest BCUT2D eigenvalue weighted by Crippen LogP contribution is 2.16. The van der Waals surface area contributed by atoms with Gasteiger partial charge < -0.3 is 17.0 Å². The molecule has 0 aliphatic heterocycles. The van der Waals surface area contributed by atoms with Gasteiger partial charge in [0.15, 0.2) is 0 Å². The summed E-state index contributed by atoms with van der Waals surface area (Å²) >= 11 is 0. The monoisotopic (exact) mass is 302 g/mol. The van der Waals surface area contributed by atoms with Gasteiger partial charge in [0, 0.05) is 6.42 Å². The van der Waals surface area contributed by atoms with E-state index in [4.69, 9.17) is 10.8 Å². The van der Waals surface area contributed by atoms with E-state index in [2.05, 4.69) is 6.92 Å². The Hall–Kier alpha value is -1.10. The Morgan fingerprint density at radius 3 is 1.71 bits per heavy atom. The van der Waals surface area contributed by atoms with Crippen molar-refractivity contribution in [3.8, 4) is 0 Å². The molecule has 6 N–H and O–H groups in total. The minimum absolute atomic E-state index is 0. The molecule has 0 rings (SSSR count). The number of aliphatic carboxylic acids is 1. The van der Waals surface area contributed by atoms with Gasteiger partial charge in [0.1, 0.15) is 0 Å². The molecule has 0 aliphatic carbocycles. The Kier molecular flexibility index (Phi) is 16.2. The van der Waals surface area contributed by atoms with Gasteiger partial charge in [-0.05, 0) is 6.42 Å². The summed E-state index contributed by atoms with van der Waals surface area (Å²) in [7, 11) is 0. The quantitative estimate of drug-likeness (QED) is 0.420. The van der Waals surface area contributed by atoms with Crippen molar-refractivity contribution in [2.24, 2.45) is 11.7 Å². The number of carbonyl (C=O) groups excluding carboxylic acids is 1. The number of carbonyl (C=O) groups is 2. The number of amides is 1. The zero-order chi connectivity index (χ0) is 15.2. The van der Waals surface area contributed by atoms with E-state index in [0.29, 0.717) is 6.42 Å². The second kappa shape index (κ2) is 15.3. The van der Waals surface area contributed by atoms with Gasteiger partial charge >= 0.3 is 5.97 Å². The Bertz CT molecular complexity index is 270. The van der Waals surface area contributed by atoms with Crippen LogP contribution < -0.4 is 11.9 Å². The van der Waals surface area contributed by atoms with Crippen molar-refractivity contribution >= 4 is 11.9 Å². The van der Waals surface area contributed by atoms with Crippen LogP contribution in [0, 0.1) is 5.92 Å². The van der Waals surface area contributed by atoms with E-state index in [1.165, 1.54) is 44.9 Å². The number of primary amides is 1. The molecule has 0 spiro atoms. The van der Waals surface area contributed by atoms with Crippen LogP contribution >= 0.6 is 0 Å². The molecule has 1 unspecified atom stereocenters. The van der Waals surface area contributed by atoms with Gasteiger partial charge in [-0.2, -0.15) is 0 Å². The van der Waals surface area contributed by atoms with Crippen molar-refractivity contribution in [3.63, 3.8) is 0 Å². The number of unbranched alkanes of at least 4 members (excludes halogenated alkanes) is 9. The van der Waals surface area contributed by atoms with Gasteiger partial charge in [0.25, 0.3) is 0 Å². The highest BCUT2D eigenvalue weighted by atomic mass is 16.4. The second-order valence-electron chi connectivity index (χ2n) is 5.68. The summed E-state index contributed by atoms with van der Waals surface area (Å²) in [5.74, 6) is -2.02. The van der Waals surface area contributed by atoms with Crippen molar-refractivity contribution in [2.75, 3.05) is 0 Å². The van der Waals surface area contributed by atoms with Crippen molar-refractivity contribution < 1.29 is 14.7 Å². The summed E-state index contributed by atoms with van der Waals surface area (Å²) in [4.78, 5) is 21.7. The Morgan fingerprint density at radius 1 is 0.905 bits per heavy atom. The Morgan fingerprint density at radius 2 is 1.33 bits per heavy atom. The van der Waals surface area contributed by atoms with Gasteiger partial charge in [0.2, 0.25) is 5.91 Å². The molecule has 5 nitrogen and oxygen atoms in total. The predicted molar refractivity (Wildman–Crippen MR) is 86.4 cm³/mol. The van der Waals surface area contributed by atoms with Crippen LogP contribution in [0.2, 0.25) is 0 Å². The van der Waals surface area contributed by atoms with Gasteiger partial charge in [0.05, 0.1) is 5.92 Å². The van der Waals surface area contributed by atoms with Gasteiger partial charge in [-0.3, -0.25) is 9.59 Å². The fourth-order valence-electron chi connectivity index (χ4n) is 2.43. The van der Waals surface area contributed by atoms with E-state index in [-0.39, 0.29) is 12.6 Å². The van der Waals surface area contributed by atoms with Crippen molar-refractivity contribution in [1.82, 2.24) is 6.15 Å². The molecule has 5 heteroatoms. The highest BCUT2D eigenvalue weighted by molar-refractivity contribution is 5.80. The van der Waals surface area contributed by atoms with Crippen LogP contribution in [-0.4, -0.2) is 17.0 Å². The minimum atomic E-state index is -0.903. The van der Waals surface area contributed by atoms with Crippen molar-refractivity contribution in [1.29, 1.82) is 0 Å². The van der Waals surface area contributed by atoms with Gasteiger partial charge in [-0.15, -0.1) is 0 Å². The third-order valence-corrected chi connectivity index (χ3v) is 3.70. The first-order valence-electron chi connectivity index (χ1n) is 8.09. The molecule has 0 aromatic heterocycles. The number of nitrogens with two attached hydrogens (primary N) is 1. The average molecular weight is 302 g/mol. The fraction of sp³-hybridized carbons (Fsp3) is 0.875. The van der Waals surface area contributed by atoms with E-state index in [1.54, 1.807) is 0 Å². The normalized spacial score (nSPS) is 11.7. The van der Waals surface area contributed by atoms with E-state index in [1.807, 2.05) is 0 Å². The summed E-state index contributed by atoms with van der Waals surface area (Å²) < 4.78 is 0. The maximum atomic E-state index is 10.9. The van der Waals surface area contributed by atoms with Crippen LogP contribution in [0.4, 0.5) is 0 Å². The average Bonchev–Trinajstić information content (AvgIpc) is 2.39. The lowest BCUT2D eigenvalue weighted by Gasteiger charge is -2.09. The molecule has 0 heterocycles. The molecule has 1 amide bonds. The molecule has 0 bridgehead atoms. The van der Waals surface area contributed by atoms with Crippen molar-refractivity contribution in [2.45, 2.75) is 84.0 Å². The summed E-state index contributed by atoms with van der Waals surface area (Å²) in [5.41, 5.74) is 5.05. The molecule has 21 heavy (non-hydrogen) atoms. The smallest absolute Gasteiger partial charge is 0.307 e. The van der Waals surface area contributed by atoms with E-state index in [9.17, 15) is 9.59 Å². The fourth-order valence-corrected chi connectivity index (χ4v) is 2.43. The molecular formula is C16H34N2O3. The number of carboxylic acid groups (broad SMARTS) is 1. The topological polar surface area (TPSA) is 115 Å². The SMILES string of the molecule is CCCCCCCCCCCCC(CC(N)=O)C(=O)O.N. The molecule has 0 saturated heterocycles. The number of hydrogen-bond donors (Lipinski definition) is 3. The zero-order valence-corrected chi connectivity index (χ0v) is 13.6. The van der Waals surface area contributed by atoms with E-state index in [0.717, 1.165) is 19.3 Å². The molecule has 0 radical (unpaired) electrons. The lowest BCUT2D eigenvalue weighted by molar-refractivity contribution is -0.144.